The molecule has 186 valence electrons. The summed E-state index contributed by atoms with van der Waals surface area (Å²) in [4.78, 5) is 39.2. The molecule has 35 heavy (non-hydrogen) atoms. The zero-order chi connectivity index (χ0) is 24.8. The molecule has 0 saturated carbocycles. The standard InChI is InChI=1S/C26H31N3O6/c1-17-22(18-7-4-3-5-8-18)20-15-19(16-21(23(20)35-17)25(31)27-2)24(30)28-9-6-12-34-26(32)29-10-13-33-14-11-29/h3-5,7-8,15-17,22H,6,9-14H2,1-2H3,(H,27,31)(H,28,30). The van der Waals surface area contributed by atoms with Gasteiger partial charge in [-0.15, -0.1) is 0 Å². The van der Waals surface area contributed by atoms with E-state index in [9.17, 15) is 14.4 Å². The topological polar surface area (TPSA) is 106 Å². The Bertz CT molecular complexity index is 1070. The third-order valence-corrected chi connectivity index (χ3v) is 6.22. The van der Waals surface area contributed by atoms with Gasteiger partial charge in [0.25, 0.3) is 11.8 Å². The second kappa shape index (κ2) is 11.2. The van der Waals surface area contributed by atoms with Gasteiger partial charge >= 0.3 is 6.09 Å². The molecule has 4 rings (SSSR count). The molecule has 0 spiro atoms. The van der Waals surface area contributed by atoms with Crippen molar-refractivity contribution < 1.29 is 28.6 Å². The predicted molar refractivity (Wildman–Crippen MR) is 129 cm³/mol. The molecule has 2 unspecified atom stereocenters. The van der Waals surface area contributed by atoms with Crippen molar-refractivity contribution in [3.05, 3.63) is 64.7 Å². The fourth-order valence-corrected chi connectivity index (χ4v) is 4.44. The third-order valence-electron chi connectivity index (χ3n) is 6.22. The lowest BCUT2D eigenvalue weighted by Crippen LogP contribution is -2.41. The van der Waals surface area contributed by atoms with Crippen molar-refractivity contribution in [2.24, 2.45) is 0 Å². The highest BCUT2D eigenvalue weighted by atomic mass is 16.6. The van der Waals surface area contributed by atoms with Crippen LogP contribution in [0.1, 0.15) is 51.1 Å². The lowest BCUT2D eigenvalue weighted by Gasteiger charge is -2.25. The van der Waals surface area contributed by atoms with Crippen molar-refractivity contribution in [1.82, 2.24) is 15.5 Å². The van der Waals surface area contributed by atoms with Gasteiger partial charge in [0.1, 0.15) is 11.9 Å². The molecule has 2 aliphatic rings. The summed E-state index contributed by atoms with van der Waals surface area (Å²) in [5.41, 5.74) is 2.59. The van der Waals surface area contributed by atoms with E-state index in [1.165, 1.54) is 0 Å². The molecule has 0 bridgehead atoms. The molecular formula is C26H31N3O6. The number of morpholine rings is 1. The molecule has 9 heteroatoms. The molecule has 9 nitrogen and oxygen atoms in total. The number of carbonyl (C=O) groups is 3. The summed E-state index contributed by atoms with van der Waals surface area (Å²) in [6, 6.07) is 13.3. The van der Waals surface area contributed by atoms with Crippen LogP contribution in [-0.4, -0.2) is 75.4 Å². The zero-order valence-electron chi connectivity index (χ0n) is 20.0. The van der Waals surface area contributed by atoms with Crippen molar-refractivity contribution >= 4 is 17.9 Å². The summed E-state index contributed by atoms with van der Waals surface area (Å²) in [5, 5.41) is 5.49. The second-order valence-corrected chi connectivity index (χ2v) is 8.56. The Morgan fingerprint density at radius 2 is 1.83 bits per heavy atom. The number of nitrogens with zero attached hydrogens (tertiary/aromatic N) is 1. The molecule has 3 amide bonds. The first kappa shape index (κ1) is 24.5. The fourth-order valence-electron chi connectivity index (χ4n) is 4.44. The summed E-state index contributed by atoms with van der Waals surface area (Å²) in [6.45, 7) is 4.56. The lowest BCUT2D eigenvalue weighted by atomic mass is 9.87. The first-order chi connectivity index (χ1) is 17.0. The molecule has 2 aliphatic heterocycles. The first-order valence-electron chi connectivity index (χ1n) is 11.9. The van der Waals surface area contributed by atoms with Crippen molar-refractivity contribution in [3.63, 3.8) is 0 Å². The Morgan fingerprint density at radius 3 is 2.54 bits per heavy atom. The molecule has 0 radical (unpaired) electrons. The second-order valence-electron chi connectivity index (χ2n) is 8.56. The van der Waals surface area contributed by atoms with Gasteiger partial charge in [0.2, 0.25) is 0 Å². The van der Waals surface area contributed by atoms with Crippen LogP contribution in [0, 0.1) is 0 Å². The highest BCUT2D eigenvalue weighted by molar-refractivity contribution is 6.02. The van der Waals surface area contributed by atoms with Crippen molar-refractivity contribution in [2.45, 2.75) is 25.4 Å². The van der Waals surface area contributed by atoms with Crippen LogP contribution in [-0.2, 0) is 9.47 Å². The smallest absolute Gasteiger partial charge is 0.409 e. The van der Waals surface area contributed by atoms with Gasteiger partial charge in [0, 0.05) is 43.7 Å². The number of rotatable bonds is 7. The summed E-state index contributed by atoms with van der Waals surface area (Å²) < 4.78 is 16.6. The van der Waals surface area contributed by atoms with E-state index in [0.29, 0.717) is 56.1 Å². The van der Waals surface area contributed by atoms with Crippen LogP contribution in [0.15, 0.2) is 42.5 Å². The molecule has 1 saturated heterocycles. The molecule has 2 N–H and O–H groups in total. The SMILES string of the molecule is CNC(=O)c1cc(C(=O)NCCCOC(=O)N2CCOCC2)cc2c1OC(C)C2c1ccccc1. The quantitative estimate of drug-likeness (QED) is 0.589. The Labute approximate surface area is 204 Å². The summed E-state index contributed by atoms with van der Waals surface area (Å²) in [7, 11) is 1.55. The van der Waals surface area contributed by atoms with Crippen LogP contribution < -0.4 is 15.4 Å². The summed E-state index contributed by atoms with van der Waals surface area (Å²) in [6.07, 6.45) is -0.0770. The van der Waals surface area contributed by atoms with E-state index in [0.717, 1.165) is 11.1 Å². The van der Waals surface area contributed by atoms with Crippen LogP contribution >= 0.6 is 0 Å². The van der Waals surface area contributed by atoms with Crippen LogP contribution in [0.25, 0.3) is 0 Å². The third kappa shape index (κ3) is 5.57. The Kier molecular flexibility index (Phi) is 7.87. The number of amides is 3. The van der Waals surface area contributed by atoms with Gasteiger partial charge in [0.15, 0.2) is 0 Å². The van der Waals surface area contributed by atoms with E-state index in [1.54, 1.807) is 24.1 Å². The maximum atomic E-state index is 13.0. The minimum absolute atomic E-state index is 0.0954. The van der Waals surface area contributed by atoms with Gasteiger partial charge in [0.05, 0.1) is 25.4 Å². The van der Waals surface area contributed by atoms with Gasteiger partial charge in [-0.1, -0.05) is 30.3 Å². The van der Waals surface area contributed by atoms with Crippen molar-refractivity contribution in [2.75, 3.05) is 46.5 Å². The van der Waals surface area contributed by atoms with E-state index < -0.39 is 0 Å². The minimum atomic E-state index is -0.366. The molecule has 2 heterocycles. The molecule has 0 aromatic heterocycles. The average molecular weight is 482 g/mol. The van der Waals surface area contributed by atoms with Gasteiger partial charge in [-0.25, -0.2) is 4.79 Å². The monoisotopic (exact) mass is 481 g/mol. The highest BCUT2D eigenvalue weighted by Crippen LogP contribution is 2.44. The fraction of sp³-hybridized carbons (Fsp3) is 0.423. The van der Waals surface area contributed by atoms with E-state index in [4.69, 9.17) is 14.2 Å². The summed E-state index contributed by atoms with van der Waals surface area (Å²) in [5.74, 6) is -0.199. The average Bonchev–Trinajstić information content (AvgIpc) is 3.23. The Balaban J connectivity index is 1.42. The zero-order valence-corrected chi connectivity index (χ0v) is 20.0. The van der Waals surface area contributed by atoms with Crippen molar-refractivity contribution in [3.8, 4) is 5.75 Å². The largest absolute Gasteiger partial charge is 0.489 e. The first-order valence-corrected chi connectivity index (χ1v) is 11.9. The number of hydrogen-bond donors (Lipinski definition) is 2. The number of nitrogens with one attached hydrogen (secondary N) is 2. The van der Waals surface area contributed by atoms with Gasteiger partial charge in [-0.05, 0) is 31.0 Å². The Hall–Kier alpha value is -3.59. The maximum Gasteiger partial charge on any atom is 0.409 e. The van der Waals surface area contributed by atoms with Gasteiger partial charge in [-0.3, -0.25) is 9.59 Å². The molecule has 2 aromatic carbocycles. The number of fused-ring (bicyclic) bond motifs is 1. The van der Waals surface area contributed by atoms with Crippen LogP contribution in [0.3, 0.4) is 0 Å². The predicted octanol–water partition coefficient (Wildman–Crippen LogP) is 2.55. The highest BCUT2D eigenvalue weighted by Gasteiger charge is 2.36. The normalized spacial score (nSPS) is 18.9. The molecule has 2 atom stereocenters. The minimum Gasteiger partial charge on any atom is -0.489 e. The number of hydrogen-bond acceptors (Lipinski definition) is 6. The van der Waals surface area contributed by atoms with E-state index in [2.05, 4.69) is 10.6 Å². The Morgan fingerprint density at radius 1 is 1.09 bits per heavy atom. The van der Waals surface area contributed by atoms with Crippen molar-refractivity contribution in [1.29, 1.82) is 0 Å². The van der Waals surface area contributed by atoms with E-state index >= 15 is 0 Å². The molecule has 2 aromatic rings. The van der Waals surface area contributed by atoms with E-state index in [1.807, 2.05) is 37.3 Å². The van der Waals surface area contributed by atoms with Gasteiger partial charge < -0.3 is 29.7 Å². The number of benzene rings is 2. The number of ether oxygens (including phenoxy) is 3. The maximum absolute atomic E-state index is 13.0. The summed E-state index contributed by atoms with van der Waals surface area (Å²) >= 11 is 0. The lowest BCUT2D eigenvalue weighted by molar-refractivity contribution is 0.0270. The van der Waals surface area contributed by atoms with Crippen LogP contribution in [0.2, 0.25) is 0 Å². The number of carbonyl (C=O) groups excluding carboxylic acids is 3. The molecule has 0 aliphatic carbocycles. The molecular weight excluding hydrogens is 450 g/mol. The van der Waals surface area contributed by atoms with Gasteiger partial charge in [-0.2, -0.15) is 0 Å². The van der Waals surface area contributed by atoms with Crippen LogP contribution in [0.5, 0.6) is 5.75 Å². The van der Waals surface area contributed by atoms with Crippen LogP contribution in [0.4, 0.5) is 4.79 Å². The van der Waals surface area contributed by atoms with E-state index in [-0.39, 0.29) is 36.5 Å². The molecule has 1 fully saturated rings.